The first-order chi connectivity index (χ1) is 12.4. The van der Waals surface area contributed by atoms with Crippen molar-refractivity contribution in [2.24, 2.45) is 5.41 Å². The molecule has 1 aliphatic carbocycles. The Kier molecular flexibility index (Phi) is 7.55. The van der Waals surface area contributed by atoms with Crippen LogP contribution in [0.3, 0.4) is 0 Å². The molecule has 0 aromatic heterocycles. The number of carbonyl (C=O) groups excluding carboxylic acids is 2. The van der Waals surface area contributed by atoms with Gasteiger partial charge in [-0.3, -0.25) is 4.79 Å². The van der Waals surface area contributed by atoms with Gasteiger partial charge in [-0.2, -0.15) is 0 Å². The van der Waals surface area contributed by atoms with Gasteiger partial charge in [-0.05, 0) is 25.0 Å². The lowest BCUT2D eigenvalue weighted by atomic mass is 9.75. The molecule has 0 heterocycles. The van der Waals surface area contributed by atoms with Gasteiger partial charge in [0.2, 0.25) is 5.91 Å². The first-order valence-corrected chi connectivity index (χ1v) is 9.37. The molecule has 0 saturated heterocycles. The monoisotopic (exact) mass is 402 g/mol. The SMILES string of the molecule is COCCNC(=O)Oc1ccc(NC(=O)C2(C)CCCCC2)c(Cl)c1Cl. The maximum Gasteiger partial charge on any atom is 0.412 e. The number of carbonyl (C=O) groups is 2. The molecule has 2 amide bonds. The molecule has 0 bridgehead atoms. The van der Waals surface area contributed by atoms with Crippen molar-refractivity contribution in [3.05, 3.63) is 22.2 Å². The van der Waals surface area contributed by atoms with Crippen molar-refractivity contribution in [3.63, 3.8) is 0 Å². The summed E-state index contributed by atoms with van der Waals surface area (Å²) in [5, 5.41) is 5.58. The maximum absolute atomic E-state index is 12.6. The third-order valence-electron chi connectivity index (χ3n) is 4.58. The van der Waals surface area contributed by atoms with E-state index in [0.717, 1.165) is 32.1 Å². The molecule has 2 rings (SSSR count). The largest absolute Gasteiger partial charge is 0.412 e. The van der Waals surface area contributed by atoms with Crippen LogP contribution < -0.4 is 15.4 Å². The van der Waals surface area contributed by atoms with Crippen LogP contribution in [0.1, 0.15) is 39.0 Å². The Bertz CT molecular complexity index is 661. The molecule has 26 heavy (non-hydrogen) atoms. The smallest absolute Gasteiger partial charge is 0.409 e. The predicted molar refractivity (Wildman–Crippen MR) is 102 cm³/mol. The molecule has 1 fully saturated rings. The van der Waals surface area contributed by atoms with Crippen molar-refractivity contribution in [3.8, 4) is 5.75 Å². The summed E-state index contributed by atoms with van der Waals surface area (Å²) in [6.45, 7) is 2.65. The second-order valence-electron chi connectivity index (χ2n) is 6.62. The number of rotatable bonds is 6. The van der Waals surface area contributed by atoms with Gasteiger partial charge in [-0.15, -0.1) is 0 Å². The van der Waals surface area contributed by atoms with Crippen LogP contribution in [-0.2, 0) is 9.53 Å². The quantitative estimate of drug-likeness (QED) is 0.679. The zero-order chi connectivity index (χ0) is 19.2. The standard InChI is InChI=1S/C18H24Cl2N2O4/c1-18(8-4-3-5-9-18)16(23)22-12-6-7-13(15(20)14(12)19)26-17(24)21-10-11-25-2/h6-7H,3-5,8-11H2,1-2H3,(H,21,24)(H,22,23). The van der Waals surface area contributed by atoms with Gasteiger partial charge < -0.3 is 20.1 Å². The van der Waals surface area contributed by atoms with Gasteiger partial charge in [-0.1, -0.05) is 49.4 Å². The number of ether oxygens (including phenoxy) is 2. The molecule has 0 spiro atoms. The average molecular weight is 403 g/mol. The highest BCUT2D eigenvalue weighted by molar-refractivity contribution is 6.45. The van der Waals surface area contributed by atoms with E-state index in [-0.39, 0.29) is 21.7 Å². The number of amides is 2. The van der Waals surface area contributed by atoms with E-state index >= 15 is 0 Å². The number of methoxy groups -OCH3 is 1. The maximum atomic E-state index is 12.6. The van der Waals surface area contributed by atoms with Gasteiger partial charge in [0, 0.05) is 19.1 Å². The number of benzene rings is 1. The van der Waals surface area contributed by atoms with Crippen LogP contribution in [0.25, 0.3) is 0 Å². The lowest BCUT2D eigenvalue weighted by Crippen LogP contribution is -2.35. The normalized spacial score (nSPS) is 16.0. The summed E-state index contributed by atoms with van der Waals surface area (Å²) >= 11 is 12.5. The molecule has 1 aromatic rings. The molecular formula is C18H24Cl2N2O4. The third-order valence-corrected chi connectivity index (χ3v) is 5.44. The minimum Gasteiger partial charge on any atom is -0.409 e. The second kappa shape index (κ2) is 9.44. The van der Waals surface area contributed by atoms with Crippen molar-refractivity contribution < 1.29 is 19.1 Å². The van der Waals surface area contributed by atoms with Crippen LogP contribution in [0.4, 0.5) is 10.5 Å². The highest BCUT2D eigenvalue weighted by Gasteiger charge is 2.34. The van der Waals surface area contributed by atoms with E-state index in [1.165, 1.54) is 13.2 Å². The number of hydrogen-bond donors (Lipinski definition) is 2. The number of halogens is 2. The first kappa shape index (κ1) is 20.8. The molecule has 1 saturated carbocycles. The van der Waals surface area contributed by atoms with E-state index in [1.54, 1.807) is 6.07 Å². The first-order valence-electron chi connectivity index (χ1n) is 8.61. The predicted octanol–water partition coefficient (Wildman–Crippen LogP) is 4.64. The van der Waals surface area contributed by atoms with Crippen LogP contribution in [0.5, 0.6) is 5.75 Å². The summed E-state index contributed by atoms with van der Waals surface area (Å²) in [6, 6.07) is 3.08. The molecule has 1 aliphatic rings. The molecular weight excluding hydrogens is 379 g/mol. The van der Waals surface area contributed by atoms with Gasteiger partial charge in [0.05, 0.1) is 17.3 Å². The minimum atomic E-state index is -0.661. The summed E-state index contributed by atoms with van der Waals surface area (Å²) in [4.78, 5) is 24.3. The average Bonchev–Trinajstić information content (AvgIpc) is 2.62. The van der Waals surface area contributed by atoms with Gasteiger partial charge >= 0.3 is 6.09 Å². The van der Waals surface area contributed by atoms with Crippen molar-refractivity contribution in [2.45, 2.75) is 39.0 Å². The van der Waals surface area contributed by atoms with E-state index < -0.39 is 11.5 Å². The Morgan fingerprint density at radius 2 is 1.85 bits per heavy atom. The molecule has 1 aromatic carbocycles. The number of hydrogen-bond acceptors (Lipinski definition) is 4. The summed E-state index contributed by atoms with van der Waals surface area (Å²) in [7, 11) is 1.53. The van der Waals surface area contributed by atoms with Crippen molar-refractivity contribution >= 4 is 40.9 Å². The summed E-state index contributed by atoms with van der Waals surface area (Å²) < 4.78 is 9.97. The molecule has 2 N–H and O–H groups in total. The van der Waals surface area contributed by atoms with Gasteiger partial charge in [0.25, 0.3) is 0 Å². The van der Waals surface area contributed by atoms with Crippen LogP contribution in [0, 0.1) is 5.41 Å². The Labute approximate surface area is 163 Å². The fraction of sp³-hybridized carbons (Fsp3) is 0.556. The summed E-state index contributed by atoms with van der Waals surface area (Å²) in [5.74, 6) is 0.0506. The molecule has 6 nitrogen and oxygen atoms in total. The highest BCUT2D eigenvalue weighted by atomic mass is 35.5. The van der Waals surface area contributed by atoms with Crippen LogP contribution in [0.2, 0.25) is 10.0 Å². The van der Waals surface area contributed by atoms with E-state index in [1.807, 2.05) is 6.92 Å². The topological polar surface area (TPSA) is 76.7 Å². The zero-order valence-electron chi connectivity index (χ0n) is 15.0. The number of anilines is 1. The fourth-order valence-corrected chi connectivity index (χ4v) is 3.34. The van der Waals surface area contributed by atoms with Crippen molar-refractivity contribution in [1.82, 2.24) is 5.32 Å². The molecule has 0 unspecified atom stereocenters. The van der Waals surface area contributed by atoms with Crippen LogP contribution >= 0.6 is 23.2 Å². The molecule has 8 heteroatoms. The lowest BCUT2D eigenvalue weighted by molar-refractivity contribution is -0.126. The van der Waals surface area contributed by atoms with E-state index in [4.69, 9.17) is 32.7 Å². The highest BCUT2D eigenvalue weighted by Crippen LogP contribution is 2.40. The van der Waals surface area contributed by atoms with Crippen molar-refractivity contribution in [2.75, 3.05) is 25.6 Å². The zero-order valence-corrected chi connectivity index (χ0v) is 16.5. The molecule has 144 valence electrons. The summed E-state index contributed by atoms with van der Waals surface area (Å²) in [5.41, 5.74) is 0.00499. The second-order valence-corrected chi connectivity index (χ2v) is 7.38. The lowest BCUT2D eigenvalue weighted by Gasteiger charge is -2.32. The summed E-state index contributed by atoms with van der Waals surface area (Å²) in [6.07, 6.45) is 4.30. The fourth-order valence-electron chi connectivity index (χ4n) is 2.93. The van der Waals surface area contributed by atoms with Crippen LogP contribution in [-0.4, -0.2) is 32.3 Å². The van der Waals surface area contributed by atoms with E-state index in [9.17, 15) is 9.59 Å². The Morgan fingerprint density at radius 1 is 1.15 bits per heavy atom. The van der Waals surface area contributed by atoms with E-state index in [0.29, 0.717) is 18.8 Å². The Hall–Kier alpha value is -1.50. The Balaban J connectivity index is 2.04. The molecule has 0 atom stereocenters. The van der Waals surface area contributed by atoms with E-state index in [2.05, 4.69) is 10.6 Å². The molecule has 0 aliphatic heterocycles. The van der Waals surface area contributed by atoms with Crippen molar-refractivity contribution in [1.29, 1.82) is 0 Å². The van der Waals surface area contributed by atoms with Crippen LogP contribution in [0.15, 0.2) is 12.1 Å². The number of nitrogens with one attached hydrogen (secondary N) is 2. The Morgan fingerprint density at radius 3 is 2.50 bits per heavy atom. The van der Waals surface area contributed by atoms with Gasteiger partial charge in [0.15, 0.2) is 5.75 Å². The van der Waals surface area contributed by atoms with Gasteiger partial charge in [0.1, 0.15) is 5.02 Å². The van der Waals surface area contributed by atoms with Gasteiger partial charge in [-0.25, -0.2) is 4.79 Å². The minimum absolute atomic E-state index is 0.0684. The molecule has 0 radical (unpaired) electrons. The third kappa shape index (κ3) is 5.25.